The van der Waals surface area contributed by atoms with Crippen LogP contribution >= 0.6 is 0 Å². The number of anilines is 2. The van der Waals surface area contributed by atoms with Crippen LogP contribution in [0.4, 0.5) is 11.5 Å². The number of amides is 1. The van der Waals surface area contributed by atoms with E-state index in [1.165, 1.54) is 36.6 Å². The molecule has 0 atom stereocenters. The minimum Gasteiger partial charge on any atom is -0.355 e. The molecule has 1 N–H and O–H groups in total. The zero-order valence-corrected chi connectivity index (χ0v) is 19.6. The number of carbonyl (C=O) groups is 1. The van der Waals surface area contributed by atoms with Crippen molar-refractivity contribution >= 4 is 28.3 Å². The molecule has 0 aliphatic carbocycles. The number of fused-ring (bicyclic) bond motifs is 1. The van der Waals surface area contributed by atoms with Crippen LogP contribution in [0.1, 0.15) is 32.1 Å². The van der Waals surface area contributed by atoms with E-state index in [0.717, 1.165) is 30.2 Å². The monoisotopic (exact) mass is 468 g/mol. The second-order valence-electron chi connectivity index (χ2n) is 8.82. The van der Waals surface area contributed by atoms with Crippen molar-refractivity contribution in [3.8, 4) is 11.3 Å². The number of benzene rings is 2. The van der Waals surface area contributed by atoms with E-state index in [0.29, 0.717) is 16.6 Å². The van der Waals surface area contributed by atoms with Gasteiger partial charge in [0.25, 0.3) is 5.56 Å². The molecule has 0 radical (unpaired) electrons. The molecule has 8 heteroatoms. The summed E-state index contributed by atoms with van der Waals surface area (Å²) in [6.07, 6.45) is 6.59. The Morgan fingerprint density at radius 1 is 0.914 bits per heavy atom. The Morgan fingerprint density at radius 2 is 1.74 bits per heavy atom. The first-order valence-electron chi connectivity index (χ1n) is 12.1. The first-order valence-corrected chi connectivity index (χ1v) is 12.1. The molecule has 1 fully saturated rings. The average molecular weight is 469 g/mol. The fourth-order valence-electron chi connectivity index (χ4n) is 4.41. The van der Waals surface area contributed by atoms with Crippen LogP contribution < -0.4 is 15.8 Å². The zero-order chi connectivity index (χ0) is 24.0. The predicted octanol–water partition coefficient (Wildman–Crippen LogP) is 4.26. The quantitative estimate of drug-likeness (QED) is 0.454. The van der Waals surface area contributed by atoms with Gasteiger partial charge in [0, 0.05) is 37.3 Å². The Bertz CT molecular complexity index is 1370. The number of para-hydroxylation sites is 1. The number of nitrogens with zero attached hydrogens (tertiary/aromatic N) is 5. The Morgan fingerprint density at radius 3 is 2.54 bits per heavy atom. The number of aryl methyl sites for hydroxylation is 1. The summed E-state index contributed by atoms with van der Waals surface area (Å²) < 4.78 is 1.47. The third kappa shape index (κ3) is 5.37. The molecule has 2 aromatic carbocycles. The maximum atomic E-state index is 12.6. The lowest BCUT2D eigenvalue weighted by Gasteiger charge is -2.20. The predicted molar refractivity (Wildman–Crippen MR) is 137 cm³/mol. The Kier molecular flexibility index (Phi) is 6.79. The van der Waals surface area contributed by atoms with Gasteiger partial charge in [-0.05, 0) is 49.2 Å². The van der Waals surface area contributed by atoms with Crippen LogP contribution in [0.15, 0.2) is 71.8 Å². The van der Waals surface area contributed by atoms with Crippen molar-refractivity contribution in [1.29, 1.82) is 0 Å². The molecule has 2 aromatic heterocycles. The Balaban J connectivity index is 1.22. The molecule has 0 bridgehead atoms. The van der Waals surface area contributed by atoms with E-state index < -0.39 is 0 Å². The fraction of sp³-hybridized carbons (Fsp3) is 0.296. The zero-order valence-electron chi connectivity index (χ0n) is 19.6. The SMILES string of the molecule is O=C(CCn1cnc2ccccc2c1=O)Nc1cccc(-c2ccc(N3CCCCCC3)nn2)c1. The highest BCUT2D eigenvalue weighted by atomic mass is 16.2. The fourth-order valence-corrected chi connectivity index (χ4v) is 4.41. The average Bonchev–Trinajstić information content (AvgIpc) is 3.19. The normalized spacial score (nSPS) is 14.0. The van der Waals surface area contributed by atoms with Crippen LogP contribution in [0, 0.1) is 0 Å². The van der Waals surface area contributed by atoms with E-state index in [1.807, 2.05) is 48.5 Å². The van der Waals surface area contributed by atoms with Gasteiger partial charge in [-0.2, -0.15) is 0 Å². The number of carbonyl (C=O) groups excluding carboxylic acids is 1. The molecule has 1 aliphatic heterocycles. The van der Waals surface area contributed by atoms with Gasteiger partial charge in [0.2, 0.25) is 5.91 Å². The minimum atomic E-state index is -0.176. The first-order chi connectivity index (χ1) is 17.2. The van der Waals surface area contributed by atoms with Gasteiger partial charge < -0.3 is 10.2 Å². The van der Waals surface area contributed by atoms with Crippen molar-refractivity contribution in [1.82, 2.24) is 19.7 Å². The first kappa shape index (κ1) is 22.7. The van der Waals surface area contributed by atoms with E-state index in [2.05, 4.69) is 25.4 Å². The molecular formula is C27H28N6O2. The minimum absolute atomic E-state index is 0.146. The summed E-state index contributed by atoms with van der Waals surface area (Å²) >= 11 is 0. The van der Waals surface area contributed by atoms with Gasteiger partial charge in [-0.3, -0.25) is 14.2 Å². The highest BCUT2D eigenvalue weighted by molar-refractivity contribution is 5.91. The van der Waals surface area contributed by atoms with E-state index in [4.69, 9.17) is 0 Å². The number of hydrogen-bond acceptors (Lipinski definition) is 6. The molecule has 0 saturated carbocycles. The molecule has 1 amide bonds. The Labute approximate surface area is 203 Å². The van der Waals surface area contributed by atoms with Gasteiger partial charge >= 0.3 is 0 Å². The van der Waals surface area contributed by atoms with Crippen LogP contribution in [0.3, 0.4) is 0 Å². The molecule has 1 saturated heterocycles. The molecule has 5 rings (SSSR count). The molecule has 1 aliphatic rings. The van der Waals surface area contributed by atoms with Crippen molar-refractivity contribution in [2.45, 2.75) is 38.6 Å². The molecule has 35 heavy (non-hydrogen) atoms. The molecule has 178 valence electrons. The van der Waals surface area contributed by atoms with Gasteiger partial charge in [-0.1, -0.05) is 37.1 Å². The van der Waals surface area contributed by atoms with Gasteiger partial charge in [0.05, 0.1) is 22.9 Å². The smallest absolute Gasteiger partial charge is 0.261 e. The lowest BCUT2D eigenvalue weighted by molar-refractivity contribution is -0.116. The summed E-state index contributed by atoms with van der Waals surface area (Å²) in [5.41, 5.74) is 2.82. The maximum absolute atomic E-state index is 12.6. The third-order valence-corrected chi connectivity index (χ3v) is 6.33. The second-order valence-corrected chi connectivity index (χ2v) is 8.82. The van der Waals surface area contributed by atoms with Crippen molar-refractivity contribution < 1.29 is 4.79 Å². The second kappa shape index (κ2) is 10.5. The topological polar surface area (TPSA) is 93.0 Å². The summed E-state index contributed by atoms with van der Waals surface area (Å²) in [5, 5.41) is 12.4. The van der Waals surface area contributed by atoms with Crippen molar-refractivity contribution in [3.63, 3.8) is 0 Å². The summed E-state index contributed by atoms with van der Waals surface area (Å²) in [6.45, 7) is 2.31. The van der Waals surface area contributed by atoms with Crippen molar-refractivity contribution in [2.24, 2.45) is 0 Å². The molecule has 0 spiro atoms. The van der Waals surface area contributed by atoms with E-state index in [1.54, 1.807) is 12.1 Å². The van der Waals surface area contributed by atoms with Crippen molar-refractivity contribution in [3.05, 3.63) is 77.3 Å². The van der Waals surface area contributed by atoms with E-state index >= 15 is 0 Å². The van der Waals surface area contributed by atoms with Gasteiger partial charge in [0.1, 0.15) is 0 Å². The van der Waals surface area contributed by atoms with E-state index in [-0.39, 0.29) is 24.4 Å². The third-order valence-electron chi connectivity index (χ3n) is 6.33. The van der Waals surface area contributed by atoms with E-state index in [9.17, 15) is 9.59 Å². The molecular weight excluding hydrogens is 440 g/mol. The number of aromatic nitrogens is 4. The summed E-state index contributed by atoms with van der Waals surface area (Å²) in [5.74, 6) is 0.739. The van der Waals surface area contributed by atoms with Gasteiger partial charge in [-0.25, -0.2) is 4.98 Å². The molecule has 8 nitrogen and oxygen atoms in total. The molecule has 3 heterocycles. The highest BCUT2D eigenvalue weighted by Gasteiger charge is 2.12. The maximum Gasteiger partial charge on any atom is 0.261 e. The highest BCUT2D eigenvalue weighted by Crippen LogP contribution is 2.23. The number of rotatable bonds is 6. The summed E-state index contributed by atoms with van der Waals surface area (Å²) in [7, 11) is 0. The summed E-state index contributed by atoms with van der Waals surface area (Å²) in [6, 6.07) is 18.8. The largest absolute Gasteiger partial charge is 0.355 e. The van der Waals surface area contributed by atoms with Crippen LogP contribution in [0.25, 0.3) is 22.2 Å². The van der Waals surface area contributed by atoms with Gasteiger partial charge in [-0.15, -0.1) is 10.2 Å². The molecule has 4 aromatic rings. The standard InChI is InChI=1S/C27H28N6O2/c34-26(14-17-33-19-28-24-11-4-3-10-22(24)27(33)35)29-21-9-7-8-20(18-21)23-12-13-25(31-30-23)32-15-5-1-2-6-16-32/h3-4,7-13,18-19H,1-2,5-6,14-17H2,(H,29,34). The van der Waals surface area contributed by atoms with Crippen LogP contribution in [0.5, 0.6) is 0 Å². The van der Waals surface area contributed by atoms with Crippen molar-refractivity contribution in [2.75, 3.05) is 23.3 Å². The Hall–Kier alpha value is -4.07. The lowest BCUT2D eigenvalue weighted by Crippen LogP contribution is -2.25. The van der Waals surface area contributed by atoms with Crippen LogP contribution in [-0.4, -0.2) is 38.7 Å². The van der Waals surface area contributed by atoms with Crippen LogP contribution in [0.2, 0.25) is 0 Å². The summed E-state index contributed by atoms with van der Waals surface area (Å²) in [4.78, 5) is 31.8. The van der Waals surface area contributed by atoms with Gasteiger partial charge in [0.15, 0.2) is 5.82 Å². The van der Waals surface area contributed by atoms with Crippen LogP contribution in [-0.2, 0) is 11.3 Å². The number of nitrogens with one attached hydrogen (secondary N) is 1. The lowest BCUT2D eigenvalue weighted by atomic mass is 10.1. The molecule has 0 unspecified atom stereocenters. The number of hydrogen-bond donors (Lipinski definition) is 1.